The van der Waals surface area contributed by atoms with E-state index in [1.807, 2.05) is 18.2 Å². The molecule has 1 aliphatic carbocycles. The molecule has 0 fully saturated rings. The van der Waals surface area contributed by atoms with E-state index >= 15 is 0 Å². The van der Waals surface area contributed by atoms with Crippen molar-refractivity contribution in [2.45, 2.75) is 25.3 Å². The first-order valence-corrected chi connectivity index (χ1v) is 12.7. The molecule has 4 aromatic carbocycles. The Labute approximate surface area is 212 Å². The predicted molar refractivity (Wildman–Crippen MR) is 144 cm³/mol. The molecule has 6 rings (SSSR count). The molecule has 0 aromatic heterocycles. The molecule has 0 saturated carbocycles. The molecule has 36 heavy (non-hydrogen) atoms. The summed E-state index contributed by atoms with van der Waals surface area (Å²) in [5, 5.41) is 2.17. The predicted octanol–water partition coefficient (Wildman–Crippen LogP) is 6.60. The van der Waals surface area contributed by atoms with E-state index in [4.69, 9.17) is 4.74 Å². The Morgan fingerprint density at radius 3 is 2.19 bits per heavy atom. The molecule has 0 spiro atoms. The number of benzene rings is 4. The Morgan fingerprint density at radius 2 is 1.47 bits per heavy atom. The topological polar surface area (TPSA) is 41.6 Å². The number of carbonyl (C=O) groups is 1. The van der Waals surface area contributed by atoms with Gasteiger partial charge in [-0.2, -0.15) is 0 Å². The van der Waals surface area contributed by atoms with Crippen molar-refractivity contribution in [3.05, 3.63) is 125 Å². The van der Waals surface area contributed by atoms with Crippen molar-refractivity contribution in [1.82, 2.24) is 5.01 Å². The second kappa shape index (κ2) is 9.63. The molecule has 4 aromatic rings. The van der Waals surface area contributed by atoms with Gasteiger partial charge < -0.3 is 10.2 Å². The van der Waals surface area contributed by atoms with Gasteiger partial charge in [0.2, 0.25) is 0 Å². The first kappa shape index (κ1) is 22.6. The highest BCUT2D eigenvalue weighted by molar-refractivity contribution is 5.79. The van der Waals surface area contributed by atoms with Crippen molar-refractivity contribution in [2.24, 2.45) is 5.92 Å². The Morgan fingerprint density at radius 1 is 0.861 bits per heavy atom. The molecule has 1 aliphatic heterocycles. The number of esters is 1. The maximum atomic E-state index is 13.6. The molecule has 2 unspecified atom stereocenters. The summed E-state index contributed by atoms with van der Waals surface area (Å²) in [6.45, 7) is 3.10. The molecule has 0 amide bonds. The van der Waals surface area contributed by atoms with Crippen molar-refractivity contribution < 1.29 is 9.53 Å². The van der Waals surface area contributed by atoms with Crippen LogP contribution in [0.1, 0.15) is 41.1 Å². The average Bonchev–Trinajstić information content (AvgIpc) is 3.11. The summed E-state index contributed by atoms with van der Waals surface area (Å²) in [4.78, 5) is 13.6. The number of para-hydroxylation sites is 1. The highest BCUT2D eigenvalue weighted by atomic mass is 16.5. The fourth-order valence-corrected chi connectivity index (χ4v) is 5.62. The molecule has 4 heteroatoms. The molecular weight excluding hydrogens is 444 g/mol. The fraction of sp³-hybridized carbons (Fsp3) is 0.219. The van der Waals surface area contributed by atoms with Crippen molar-refractivity contribution >= 4 is 11.7 Å². The number of fused-ring (bicyclic) bond motifs is 4. The number of hydrogen-bond acceptors (Lipinski definition) is 4. The molecule has 0 bridgehead atoms. The summed E-state index contributed by atoms with van der Waals surface area (Å²) in [7, 11) is 0. The standard InChI is InChI=1S/C32H30N2O2/c1-22(23-11-3-2-4-12-23)34-20-25(19-24-13-5-10-18-31(24)33-34)32(35)36-21-30-28-16-8-6-14-26(28)27-15-7-9-17-29(27)30/h2-18,22,25,30,33H,19-21H2,1H3. The lowest BCUT2D eigenvalue weighted by Crippen LogP contribution is -2.38. The van der Waals surface area contributed by atoms with E-state index in [9.17, 15) is 4.79 Å². The van der Waals surface area contributed by atoms with Gasteiger partial charge in [0, 0.05) is 12.5 Å². The van der Waals surface area contributed by atoms with Gasteiger partial charge in [-0.1, -0.05) is 97.1 Å². The van der Waals surface area contributed by atoms with Crippen LogP contribution < -0.4 is 5.43 Å². The van der Waals surface area contributed by atoms with Gasteiger partial charge in [0.15, 0.2) is 0 Å². The summed E-state index contributed by atoms with van der Waals surface area (Å²) in [6, 6.07) is 35.7. The van der Waals surface area contributed by atoms with Crippen LogP contribution in [0.25, 0.3) is 11.1 Å². The van der Waals surface area contributed by atoms with Crippen LogP contribution in [-0.2, 0) is 16.0 Å². The van der Waals surface area contributed by atoms with Crippen LogP contribution in [-0.4, -0.2) is 24.1 Å². The summed E-state index contributed by atoms with van der Waals surface area (Å²) < 4.78 is 6.09. The monoisotopic (exact) mass is 474 g/mol. The fourth-order valence-electron chi connectivity index (χ4n) is 5.62. The van der Waals surface area contributed by atoms with Gasteiger partial charge in [-0.15, -0.1) is 0 Å². The number of carbonyl (C=O) groups excluding carboxylic acids is 1. The maximum absolute atomic E-state index is 13.6. The number of nitrogens with one attached hydrogen (secondary N) is 1. The number of ether oxygens (including phenoxy) is 1. The summed E-state index contributed by atoms with van der Waals surface area (Å²) >= 11 is 0. The maximum Gasteiger partial charge on any atom is 0.310 e. The van der Waals surface area contributed by atoms with Crippen LogP contribution in [0.2, 0.25) is 0 Å². The van der Waals surface area contributed by atoms with Gasteiger partial charge >= 0.3 is 5.97 Å². The van der Waals surface area contributed by atoms with Crippen LogP contribution in [0.4, 0.5) is 5.69 Å². The molecule has 1 N–H and O–H groups in total. The molecule has 180 valence electrons. The smallest absolute Gasteiger partial charge is 0.310 e. The minimum Gasteiger partial charge on any atom is -0.464 e. The summed E-state index contributed by atoms with van der Waals surface area (Å²) in [5.74, 6) is -0.336. The molecule has 2 aliphatic rings. The SMILES string of the molecule is CC(c1ccccc1)N1CC(C(=O)OCC2c3ccccc3-c3ccccc32)Cc2ccccc2N1. The van der Waals surface area contributed by atoms with E-state index in [1.54, 1.807) is 0 Å². The van der Waals surface area contributed by atoms with Crippen LogP contribution in [0.3, 0.4) is 0 Å². The minimum absolute atomic E-state index is 0.0666. The molecule has 4 nitrogen and oxygen atoms in total. The van der Waals surface area contributed by atoms with Gasteiger partial charge in [0.25, 0.3) is 0 Å². The van der Waals surface area contributed by atoms with E-state index in [-0.39, 0.29) is 23.8 Å². The highest BCUT2D eigenvalue weighted by Gasteiger charge is 2.33. The lowest BCUT2D eigenvalue weighted by Gasteiger charge is -2.31. The molecular formula is C32H30N2O2. The average molecular weight is 475 g/mol. The van der Waals surface area contributed by atoms with Crippen LogP contribution in [0.5, 0.6) is 0 Å². The van der Waals surface area contributed by atoms with Gasteiger partial charge in [-0.3, -0.25) is 4.79 Å². The van der Waals surface area contributed by atoms with Crippen molar-refractivity contribution in [2.75, 3.05) is 18.6 Å². The van der Waals surface area contributed by atoms with Crippen LogP contribution >= 0.6 is 0 Å². The number of rotatable bonds is 5. The Kier molecular flexibility index (Phi) is 6.04. The second-order valence-corrected chi connectivity index (χ2v) is 9.77. The minimum atomic E-state index is -0.265. The lowest BCUT2D eigenvalue weighted by atomic mass is 9.97. The van der Waals surface area contributed by atoms with E-state index in [1.165, 1.54) is 27.8 Å². The van der Waals surface area contributed by atoms with Crippen LogP contribution in [0.15, 0.2) is 103 Å². The second-order valence-electron chi connectivity index (χ2n) is 9.77. The highest BCUT2D eigenvalue weighted by Crippen LogP contribution is 2.44. The van der Waals surface area contributed by atoms with E-state index in [0.717, 1.165) is 11.3 Å². The lowest BCUT2D eigenvalue weighted by molar-refractivity contribution is -0.149. The third kappa shape index (κ3) is 4.18. The first-order valence-electron chi connectivity index (χ1n) is 12.7. The molecule has 0 radical (unpaired) electrons. The summed E-state index contributed by atoms with van der Waals surface area (Å²) in [5.41, 5.74) is 11.9. The van der Waals surface area contributed by atoms with Crippen molar-refractivity contribution in [1.29, 1.82) is 0 Å². The number of hydrazine groups is 1. The number of anilines is 1. The third-order valence-corrected chi connectivity index (χ3v) is 7.60. The Balaban J connectivity index is 1.24. The van der Waals surface area contributed by atoms with Gasteiger partial charge in [-0.25, -0.2) is 5.01 Å². The molecule has 0 saturated heterocycles. The Bertz CT molecular complexity index is 1340. The normalized spacial score (nSPS) is 17.8. The van der Waals surface area contributed by atoms with Crippen LogP contribution in [0, 0.1) is 5.92 Å². The van der Waals surface area contributed by atoms with Crippen molar-refractivity contribution in [3.63, 3.8) is 0 Å². The third-order valence-electron chi connectivity index (χ3n) is 7.60. The zero-order valence-electron chi connectivity index (χ0n) is 20.4. The summed E-state index contributed by atoms with van der Waals surface area (Å²) in [6.07, 6.45) is 0.651. The quantitative estimate of drug-likeness (QED) is 0.331. The zero-order valence-corrected chi connectivity index (χ0v) is 20.4. The zero-order chi connectivity index (χ0) is 24.5. The Hall–Kier alpha value is -3.89. The van der Waals surface area contributed by atoms with Gasteiger partial charge in [0.05, 0.1) is 17.6 Å². The molecule has 1 heterocycles. The number of nitrogens with zero attached hydrogens (tertiary/aromatic N) is 1. The van der Waals surface area contributed by atoms with E-state index in [2.05, 4.69) is 102 Å². The first-order chi connectivity index (χ1) is 17.7. The number of hydrogen-bond donors (Lipinski definition) is 1. The van der Waals surface area contributed by atoms with Gasteiger partial charge in [0.1, 0.15) is 6.61 Å². The van der Waals surface area contributed by atoms with Gasteiger partial charge in [-0.05, 0) is 52.8 Å². The molecule has 2 atom stereocenters. The van der Waals surface area contributed by atoms with E-state index in [0.29, 0.717) is 19.6 Å². The van der Waals surface area contributed by atoms with Crippen molar-refractivity contribution in [3.8, 4) is 11.1 Å². The van der Waals surface area contributed by atoms with E-state index < -0.39 is 0 Å². The largest absolute Gasteiger partial charge is 0.464 e.